The Kier molecular flexibility index (Phi) is 37.9. The van der Waals surface area contributed by atoms with Crippen molar-refractivity contribution in [1.29, 1.82) is 0 Å². The number of allylic oxidation sites excluding steroid dienone is 3. The maximum Gasteiger partial charge on any atom is 0.215 e. The van der Waals surface area contributed by atoms with Gasteiger partial charge in [0, 0.05) is 64.6 Å². The van der Waals surface area contributed by atoms with Crippen molar-refractivity contribution >= 4 is 11.4 Å². The van der Waals surface area contributed by atoms with Crippen molar-refractivity contribution in [3.05, 3.63) is 92.8 Å². The van der Waals surface area contributed by atoms with E-state index in [1.165, 1.54) is 191 Å². The molecule has 2 aromatic carbocycles. The molecule has 1 heterocycles. The Morgan fingerprint density at radius 3 is 0.959 bits per heavy atom. The minimum atomic E-state index is 0.914. The maximum absolute atomic E-state index is 10.2. The van der Waals surface area contributed by atoms with E-state index in [1.54, 1.807) is 4.68 Å². The van der Waals surface area contributed by atoms with Gasteiger partial charge in [-0.2, -0.15) is 0 Å². The molecule has 2 nitrogen and oxygen atoms in total. The summed E-state index contributed by atoms with van der Waals surface area (Å²) >= 11 is 0. The molecule has 0 atom stereocenters. The lowest BCUT2D eigenvalue weighted by Crippen LogP contribution is -2.12. The van der Waals surface area contributed by atoms with Gasteiger partial charge in [-0.25, -0.2) is 4.68 Å². The van der Waals surface area contributed by atoms with E-state index in [0.717, 1.165) is 128 Å². The van der Waals surface area contributed by atoms with Gasteiger partial charge in [0.15, 0.2) is 0 Å². The molecule has 0 spiro atoms. The van der Waals surface area contributed by atoms with Gasteiger partial charge in [0.2, 0.25) is 11.4 Å². The van der Waals surface area contributed by atoms with Crippen LogP contribution in [0.1, 0.15) is 338 Å². The predicted molar refractivity (Wildman–Crippen MR) is 327 cm³/mol. The summed E-state index contributed by atoms with van der Waals surface area (Å²) in [6, 6.07) is 13.4. The molecule has 2 heteroatoms. The fraction of sp³-hybridized carbons (Fsp3) is 0.653. The van der Waals surface area contributed by atoms with E-state index in [9.17, 15) is 5.84 Å². The number of hydrogen-bond acceptors (Lipinski definition) is 0. The number of hydrogen-bond donors (Lipinski definition) is 0. The Balaban J connectivity index is 2.07. The van der Waals surface area contributed by atoms with Gasteiger partial charge < -0.3 is 5.84 Å². The molecule has 2 aromatic rings. The van der Waals surface area contributed by atoms with Crippen molar-refractivity contribution in [2.45, 2.75) is 305 Å². The van der Waals surface area contributed by atoms with Gasteiger partial charge in [-0.15, -0.1) is 0 Å². The lowest BCUT2D eigenvalue weighted by Gasteiger charge is -2.10. The fourth-order valence-corrected chi connectivity index (χ4v) is 10.2. The minimum absolute atomic E-state index is 0.914. The van der Waals surface area contributed by atoms with E-state index in [4.69, 9.17) is 0 Å². The average Bonchev–Trinajstić information content (AvgIpc) is 3.69. The Morgan fingerprint density at radius 2 is 0.649 bits per heavy atom. The van der Waals surface area contributed by atoms with Crippen LogP contribution in [0.5, 0.6) is 0 Å². The second-order valence-electron chi connectivity index (χ2n) is 21.7. The van der Waals surface area contributed by atoms with E-state index < -0.39 is 0 Å². The first-order valence-corrected chi connectivity index (χ1v) is 31.6. The lowest BCUT2D eigenvalue weighted by atomic mass is 9.90. The van der Waals surface area contributed by atoms with Gasteiger partial charge >= 0.3 is 0 Å². The molecule has 0 aromatic heterocycles. The smallest absolute Gasteiger partial charge is 0.215 e. The quantitative estimate of drug-likeness (QED) is 0.0363. The summed E-state index contributed by atoms with van der Waals surface area (Å²) in [4.78, 5) is 0. The molecule has 0 saturated carbocycles. The van der Waals surface area contributed by atoms with Crippen LogP contribution in [0.15, 0.2) is 53.6 Å². The predicted octanol–water partition coefficient (Wildman–Crippen LogP) is 22.3. The Hall–Kier alpha value is -4.37. The van der Waals surface area contributed by atoms with Crippen LogP contribution in [-0.4, -0.2) is 10.4 Å². The zero-order valence-electron chi connectivity index (χ0n) is 49.0. The van der Waals surface area contributed by atoms with E-state index >= 15 is 0 Å². The molecular formula is C72H108N2. The second-order valence-corrected chi connectivity index (χ2v) is 21.7. The molecule has 74 heavy (non-hydrogen) atoms. The van der Waals surface area contributed by atoms with Crippen LogP contribution in [0.25, 0.3) is 11.5 Å². The average molecular weight is 1000 g/mol. The number of nitrogens with zero attached hydrogens (tertiary/aromatic N) is 1. The summed E-state index contributed by atoms with van der Waals surface area (Å²) in [6.45, 7) is 13.7. The van der Waals surface area contributed by atoms with E-state index in [1.807, 2.05) is 0 Å². The molecule has 0 unspecified atom stereocenters. The fourth-order valence-electron chi connectivity index (χ4n) is 10.2. The van der Waals surface area contributed by atoms with Gasteiger partial charge in [0.1, 0.15) is 0 Å². The number of benzene rings is 2. The maximum atomic E-state index is 10.2. The highest BCUT2D eigenvalue weighted by molar-refractivity contribution is 6.16. The Labute approximate surface area is 458 Å². The lowest BCUT2D eigenvalue weighted by molar-refractivity contribution is -0.347. The Morgan fingerprint density at radius 1 is 0.351 bits per heavy atom. The molecule has 3 rings (SSSR count). The molecule has 0 bridgehead atoms. The summed E-state index contributed by atoms with van der Waals surface area (Å²) in [6.07, 6.45) is 52.9. The molecule has 1 aliphatic heterocycles. The Bertz CT molecular complexity index is 2070. The SMILES string of the molecule is CCCC=C1C(CCCC)=C(c2cc(C#CCCCCCCCCCC)cc(C#CCCCCCCCCCC)c2)[N+]([NH-])=C1c1cc(C#CCCCCCCCCCC)cc(C#CCCCCCCCCCC)c1. The van der Waals surface area contributed by atoms with Gasteiger partial charge in [-0.3, -0.25) is 0 Å². The summed E-state index contributed by atoms with van der Waals surface area (Å²) in [5.74, 6) is 38.9. The highest BCUT2D eigenvalue weighted by Gasteiger charge is 2.35. The number of nitrogens with one attached hydrogen (secondary N) is 1. The monoisotopic (exact) mass is 1000 g/mol. The van der Waals surface area contributed by atoms with Crippen LogP contribution in [-0.2, 0) is 0 Å². The topological polar surface area (TPSA) is 26.8 Å². The van der Waals surface area contributed by atoms with Gasteiger partial charge in [-0.1, -0.05) is 288 Å². The molecule has 1 N–H and O–H groups in total. The molecule has 0 amide bonds. The zero-order chi connectivity index (χ0) is 52.9. The van der Waals surface area contributed by atoms with Crippen molar-refractivity contribution < 1.29 is 4.68 Å². The van der Waals surface area contributed by atoms with Crippen molar-refractivity contribution in [2.24, 2.45) is 0 Å². The largest absolute Gasteiger partial charge is 0.448 e. The standard InChI is InChI=1S/C72H108N2/c1-7-13-19-23-27-31-35-39-43-47-51-63-57-64(52-48-44-40-36-32-28-24-20-14-8-2)60-67(59-63)71-69(55-17-11-5)70(56-18-12-6)72(74(71)73)68-61-65(53-49-45-41-37-33-29-25-21-15-9-3)58-66(62-68)54-50-46-42-38-34-30-26-22-16-10-4/h55,57-62,73H,7-46,56H2,1-6H3. The van der Waals surface area contributed by atoms with Gasteiger partial charge in [0.05, 0.1) is 5.57 Å². The summed E-state index contributed by atoms with van der Waals surface area (Å²) in [5.41, 5.74) is 10.5. The van der Waals surface area contributed by atoms with Crippen LogP contribution in [0, 0.1) is 47.4 Å². The molecular weight excluding hydrogens is 893 g/mol. The number of unbranched alkanes of at least 4 members (excludes halogenated alkanes) is 34. The summed E-state index contributed by atoms with van der Waals surface area (Å²) < 4.78 is 1.77. The molecule has 0 aliphatic carbocycles. The van der Waals surface area contributed by atoms with Crippen LogP contribution in [0.4, 0.5) is 0 Å². The molecule has 0 saturated heterocycles. The third-order valence-electron chi connectivity index (χ3n) is 14.7. The summed E-state index contributed by atoms with van der Waals surface area (Å²) in [7, 11) is 0. The van der Waals surface area contributed by atoms with Crippen molar-refractivity contribution in [3.8, 4) is 47.4 Å². The van der Waals surface area contributed by atoms with E-state index in [0.29, 0.717) is 0 Å². The van der Waals surface area contributed by atoms with E-state index in [-0.39, 0.29) is 0 Å². The van der Waals surface area contributed by atoms with Crippen molar-refractivity contribution in [3.63, 3.8) is 0 Å². The van der Waals surface area contributed by atoms with Gasteiger partial charge in [-0.05, 0) is 81.3 Å². The van der Waals surface area contributed by atoms with Crippen LogP contribution in [0.3, 0.4) is 0 Å². The van der Waals surface area contributed by atoms with E-state index in [2.05, 4.69) is 131 Å². The third-order valence-corrected chi connectivity index (χ3v) is 14.7. The van der Waals surface area contributed by atoms with Crippen molar-refractivity contribution in [1.82, 2.24) is 0 Å². The van der Waals surface area contributed by atoms with Crippen LogP contribution < -0.4 is 0 Å². The number of rotatable bonds is 39. The first kappa shape index (κ1) is 63.9. The highest BCUT2D eigenvalue weighted by Crippen LogP contribution is 2.39. The first-order chi connectivity index (χ1) is 36.5. The molecule has 406 valence electrons. The minimum Gasteiger partial charge on any atom is -0.448 e. The molecule has 0 radical (unpaired) electrons. The molecule has 1 aliphatic rings. The summed E-state index contributed by atoms with van der Waals surface area (Å²) in [5, 5.41) is 0. The van der Waals surface area contributed by atoms with Crippen LogP contribution >= 0.6 is 0 Å². The second kappa shape index (κ2) is 43.8. The highest BCUT2D eigenvalue weighted by atomic mass is 15.3. The normalized spacial score (nSPS) is 12.6. The first-order valence-electron chi connectivity index (χ1n) is 31.6. The zero-order valence-corrected chi connectivity index (χ0v) is 49.0. The molecule has 0 fully saturated rings. The third kappa shape index (κ3) is 28.0. The van der Waals surface area contributed by atoms with Crippen molar-refractivity contribution in [2.75, 3.05) is 0 Å². The van der Waals surface area contributed by atoms with Gasteiger partial charge in [0.25, 0.3) is 0 Å². The van der Waals surface area contributed by atoms with Crippen LogP contribution in [0.2, 0.25) is 0 Å².